The summed E-state index contributed by atoms with van der Waals surface area (Å²) in [6.07, 6.45) is 3.26. The van der Waals surface area contributed by atoms with Crippen molar-refractivity contribution in [3.8, 4) is 11.8 Å². The minimum absolute atomic E-state index is 0.260. The highest BCUT2D eigenvalue weighted by Crippen LogP contribution is 2.01. The van der Waals surface area contributed by atoms with Crippen LogP contribution in [-0.2, 0) is 6.42 Å². The Labute approximate surface area is 105 Å². The van der Waals surface area contributed by atoms with Crippen molar-refractivity contribution in [1.82, 2.24) is 9.55 Å². The van der Waals surface area contributed by atoms with Crippen molar-refractivity contribution >= 4 is 6.09 Å². The summed E-state index contributed by atoms with van der Waals surface area (Å²) < 4.78 is 1.01. The Morgan fingerprint density at radius 1 is 1.33 bits per heavy atom. The molecule has 0 atom stereocenters. The van der Waals surface area contributed by atoms with Gasteiger partial charge in [0.05, 0.1) is 0 Å². The first-order chi connectivity index (χ1) is 8.77. The van der Waals surface area contributed by atoms with Gasteiger partial charge in [-0.05, 0) is 17.9 Å². The van der Waals surface area contributed by atoms with Crippen LogP contribution in [0.1, 0.15) is 17.8 Å². The molecule has 2 aromatic rings. The van der Waals surface area contributed by atoms with Crippen molar-refractivity contribution in [3.63, 3.8) is 0 Å². The third kappa shape index (κ3) is 2.98. The van der Waals surface area contributed by atoms with E-state index in [9.17, 15) is 4.79 Å². The molecule has 4 heteroatoms. The lowest BCUT2D eigenvalue weighted by Gasteiger charge is -1.95. The molecule has 1 aromatic carbocycles. The summed E-state index contributed by atoms with van der Waals surface area (Å²) in [7, 11) is 0. The lowest BCUT2D eigenvalue weighted by atomic mass is 10.1. The summed E-state index contributed by atoms with van der Waals surface area (Å²) in [6, 6.07) is 10.0. The first kappa shape index (κ1) is 11.9. The maximum atomic E-state index is 10.8. The molecule has 0 spiro atoms. The standard InChI is InChI=1S/C14H12N2O2/c17-14(18)16-11-10-15-13(16)9-5-4-8-12-6-2-1-3-7-12/h1-3,6-7,10-11H,4,8H2,(H,17,18). The summed E-state index contributed by atoms with van der Waals surface area (Å²) >= 11 is 0. The highest BCUT2D eigenvalue weighted by molar-refractivity contribution is 5.69. The number of imidazole rings is 1. The second-order valence-corrected chi connectivity index (χ2v) is 3.69. The van der Waals surface area contributed by atoms with E-state index < -0.39 is 6.09 Å². The molecule has 0 fully saturated rings. The van der Waals surface area contributed by atoms with E-state index in [1.165, 1.54) is 18.0 Å². The van der Waals surface area contributed by atoms with E-state index in [2.05, 4.69) is 16.8 Å². The molecule has 1 N–H and O–H groups in total. The van der Waals surface area contributed by atoms with Gasteiger partial charge < -0.3 is 5.11 Å². The monoisotopic (exact) mass is 240 g/mol. The van der Waals surface area contributed by atoms with E-state index in [-0.39, 0.29) is 5.82 Å². The molecular formula is C14H12N2O2. The maximum Gasteiger partial charge on any atom is 0.417 e. The van der Waals surface area contributed by atoms with Gasteiger partial charge in [-0.3, -0.25) is 0 Å². The van der Waals surface area contributed by atoms with Gasteiger partial charge in [0.15, 0.2) is 5.82 Å². The summed E-state index contributed by atoms with van der Waals surface area (Å²) in [5.41, 5.74) is 1.22. The van der Waals surface area contributed by atoms with E-state index in [0.717, 1.165) is 11.0 Å². The largest absolute Gasteiger partial charge is 0.464 e. The van der Waals surface area contributed by atoms with Crippen molar-refractivity contribution in [1.29, 1.82) is 0 Å². The van der Waals surface area contributed by atoms with Gasteiger partial charge in [-0.2, -0.15) is 0 Å². The van der Waals surface area contributed by atoms with Crippen LogP contribution in [-0.4, -0.2) is 20.8 Å². The van der Waals surface area contributed by atoms with E-state index in [1.807, 2.05) is 30.3 Å². The molecule has 0 aliphatic heterocycles. The fourth-order valence-electron chi connectivity index (χ4n) is 1.54. The molecule has 0 unspecified atom stereocenters. The van der Waals surface area contributed by atoms with E-state index in [4.69, 9.17) is 5.11 Å². The Kier molecular flexibility index (Phi) is 3.77. The van der Waals surface area contributed by atoms with Crippen LogP contribution >= 0.6 is 0 Å². The van der Waals surface area contributed by atoms with E-state index in [0.29, 0.717) is 6.42 Å². The van der Waals surface area contributed by atoms with Gasteiger partial charge in [-0.25, -0.2) is 14.3 Å². The van der Waals surface area contributed by atoms with Crippen molar-refractivity contribution < 1.29 is 9.90 Å². The molecule has 2 rings (SSSR count). The molecule has 0 saturated carbocycles. The van der Waals surface area contributed by atoms with Gasteiger partial charge >= 0.3 is 6.09 Å². The molecule has 0 aliphatic carbocycles. The third-order valence-corrected chi connectivity index (χ3v) is 2.43. The zero-order chi connectivity index (χ0) is 12.8. The van der Waals surface area contributed by atoms with Crippen molar-refractivity contribution in [2.45, 2.75) is 12.8 Å². The molecule has 1 aromatic heterocycles. The second kappa shape index (κ2) is 5.69. The first-order valence-corrected chi connectivity index (χ1v) is 5.57. The number of aryl methyl sites for hydroxylation is 1. The van der Waals surface area contributed by atoms with Gasteiger partial charge in [0.25, 0.3) is 0 Å². The predicted molar refractivity (Wildman–Crippen MR) is 67.3 cm³/mol. The minimum atomic E-state index is -1.07. The van der Waals surface area contributed by atoms with Crippen molar-refractivity contribution in [2.24, 2.45) is 0 Å². The first-order valence-electron chi connectivity index (χ1n) is 5.57. The van der Waals surface area contributed by atoms with Crippen LogP contribution in [0.4, 0.5) is 4.79 Å². The van der Waals surface area contributed by atoms with E-state index >= 15 is 0 Å². The lowest BCUT2D eigenvalue weighted by molar-refractivity contribution is 0.196. The highest BCUT2D eigenvalue weighted by atomic mass is 16.4. The van der Waals surface area contributed by atoms with Crippen LogP contribution in [0.25, 0.3) is 0 Å². The summed E-state index contributed by atoms with van der Waals surface area (Å²) in [5, 5.41) is 8.84. The topological polar surface area (TPSA) is 55.1 Å². The predicted octanol–water partition coefficient (Wildman–Crippen LogP) is 2.39. The fourth-order valence-corrected chi connectivity index (χ4v) is 1.54. The van der Waals surface area contributed by atoms with Gasteiger partial charge in [0.2, 0.25) is 0 Å². The quantitative estimate of drug-likeness (QED) is 0.820. The molecule has 0 aliphatic rings. The zero-order valence-electron chi connectivity index (χ0n) is 9.71. The zero-order valence-corrected chi connectivity index (χ0v) is 9.71. The van der Waals surface area contributed by atoms with Crippen LogP contribution in [0, 0.1) is 11.8 Å². The summed E-state index contributed by atoms with van der Waals surface area (Å²) in [5.74, 6) is 5.96. The van der Waals surface area contributed by atoms with Crippen LogP contribution in [0.15, 0.2) is 42.7 Å². The lowest BCUT2D eigenvalue weighted by Crippen LogP contribution is -2.08. The number of carbonyl (C=O) groups is 1. The summed E-state index contributed by atoms with van der Waals surface area (Å²) in [4.78, 5) is 14.7. The van der Waals surface area contributed by atoms with Crippen molar-refractivity contribution in [3.05, 3.63) is 54.1 Å². The number of hydrogen-bond acceptors (Lipinski definition) is 2. The number of benzene rings is 1. The SMILES string of the molecule is O=C(O)n1ccnc1C#CCCc1ccccc1. The van der Waals surface area contributed by atoms with Gasteiger partial charge in [0.1, 0.15) is 0 Å². The molecule has 4 nitrogen and oxygen atoms in total. The second-order valence-electron chi connectivity index (χ2n) is 3.69. The van der Waals surface area contributed by atoms with Crippen LogP contribution in [0.3, 0.4) is 0 Å². The Balaban J connectivity index is 1.97. The molecule has 1 heterocycles. The van der Waals surface area contributed by atoms with Gasteiger partial charge in [-0.1, -0.05) is 36.3 Å². The molecule has 0 amide bonds. The average Bonchev–Trinajstić information content (AvgIpc) is 2.84. The Hall–Kier alpha value is -2.54. The molecule has 18 heavy (non-hydrogen) atoms. The van der Waals surface area contributed by atoms with Crippen molar-refractivity contribution in [2.75, 3.05) is 0 Å². The molecule has 0 radical (unpaired) electrons. The number of rotatable bonds is 2. The third-order valence-electron chi connectivity index (χ3n) is 2.43. The Morgan fingerprint density at radius 2 is 2.11 bits per heavy atom. The van der Waals surface area contributed by atoms with Crippen LogP contribution in [0.5, 0.6) is 0 Å². The minimum Gasteiger partial charge on any atom is -0.464 e. The Bertz CT molecular complexity index is 591. The molecule has 90 valence electrons. The van der Waals surface area contributed by atoms with Crippen LogP contribution < -0.4 is 0 Å². The highest BCUT2D eigenvalue weighted by Gasteiger charge is 2.04. The van der Waals surface area contributed by atoms with Gasteiger partial charge in [0, 0.05) is 18.8 Å². The molecule has 0 bridgehead atoms. The molecular weight excluding hydrogens is 228 g/mol. The number of aromatic nitrogens is 2. The average molecular weight is 240 g/mol. The van der Waals surface area contributed by atoms with Crippen LogP contribution in [0.2, 0.25) is 0 Å². The molecule has 0 saturated heterocycles. The maximum absolute atomic E-state index is 10.8. The fraction of sp³-hybridized carbons (Fsp3) is 0.143. The summed E-state index contributed by atoms with van der Waals surface area (Å²) in [6.45, 7) is 0. The van der Waals surface area contributed by atoms with E-state index in [1.54, 1.807) is 0 Å². The number of hydrogen-bond donors (Lipinski definition) is 1. The smallest absolute Gasteiger partial charge is 0.417 e. The normalized spacial score (nSPS) is 9.56. The Morgan fingerprint density at radius 3 is 2.83 bits per heavy atom. The van der Waals surface area contributed by atoms with Gasteiger partial charge in [-0.15, -0.1) is 0 Å². The number of nitrogens with zero attached hydrogens (tertiary/aromatic N) is 2. The number of carboxylic acid groups (broad SMARTS) is 1.